The molecular formula is C15H13N3OS. The summed E-state index contributed by atoms with van der Waals surface area (Å²) in [4.78, 5) is 0. The van der Waals surface area contributed by atoms with Crippen molar-refractivity contribution in [2.45, 2.75) is 6.54 Å². The van der Waals surface area contributed by atoms with Crippen LogP contribution in [0.3, 0.4) is 0 Å². The van der Waals surface area contributed by atoms with Gasteiger partial charge in [0.05, 0.1) is 0 Å². The summed E-state index contributed by atoms with van der Waals surface area (Å²) in [6.07, 6.45) is 0. The second-order valence-corrected chi connectivity index (χ2v) is 5.15. The van der Waals surface area contributed by atoms with E-state index in [1.807, 2.05) is 54.6 Å². The van der Waals surface area contributed by atoms with Crippen molar-refractivity contribution in [1.29, 1.82) is 0 Å². The van der Waals surface area contributed by atoms with Gasteiger partial charge in [-0.05, 0) is 11.6 Å². The molecule has 0 fully saturated rings. The molecule has 3 aromatic rings. The quantitative estimate of drug-likeness (QED) is 0.796. The average molecular weight is 283 g/mol. The first-order valence-corrected chi connectivity index (χ1v) is 7.03. The topological polar surface area (TPSA) is 61.0 Å². The van der Waals surface area contributed by atoms with Crippen molar-refractivity contribution in [1.82, 2.24) is 10.2 Å². The summed E-state index contributed by atoms with van der Waals surface area (Å²) < 4.78 is 5.84. The van der Waals surface area contributed by atoms with Crippen molar-refractivity contribution >= 4 is 11.3 Å². The van der Waals surface area contributed by atoms with Crippen LogP contribution in [-0.2, 0) is 6.54 Å². The fourth-order valence-corrected chi connectivity index (χ4v) is 2.45. The molecular weight excluding hydrogens is 270 g/mol. The summed E-state index contributed by atoms with van der Waals surface area (Å²) >= 11 is 1.36. The molecule has 0 aliphatic heterocycles. The Morgan fingerprint density at radius 2 is 1.70 bits per heavy atom. The summed E-state index contributed by atoms with van der Waals surface area (Å²) in [7, 11) is 0. The lowest BCUT2D eigenvalue weighted by atomic mass is 10.1. The van der Waals surface area contributed by atoms with Crippen LogP contribution >= 0.6 is 11.3 Å². The van der Waals surface area contributed by atoms with Crippen LogP contribution in [0.4, 0.5) is 0 Å². The predicted molar refractivity (Wildman–Crippen MR) is 79.8 cm³/mol. The molecule has 0 unspecified atom stereocenters. The molecule has 2 aromatic carbocycles. The van der Waals surface area contributed by atoms with Crippen molar-refractivity contribution in [2.75, 3.05) is 0 Å². The molecule has 0 aliphatic carbocycles. The number of rotatable bonds is 4. The lowest BCUT2D eigenvalue weighted by molar-refractivity contribution is 0.475. The predicted octanol–water partition coefficient (Wildman–Crippen LogP) is 3.46. The van der Waals surface area contributed by atoms with E-state index in [-0.39, 0.29) is 0 Å². The Hall–Kier alpha value is -2.24. The number of nitrogens with zero attached hydrogens (tertiary/aromatic N) is 2. The molecule has 0 saturated heterocycles. The van der Waals surface area contributed by atoms with Crippen LogP contribution in [0.15, 0.2) is 54.6 Å². The Labute approximate surface area is 120 Å². The standard InChI is InChI=1S/C15H13N3OS/c16-10-14-17-18-15(20-14)19-13-9-5-4-8-12(13)11-6-2-1-3-7-11/h1-9H,10,16H2. The van der Waals surface area contributed by atoms with Crippen molar-refractivity contribution < 1.29 is 4.74 Å². The van der Waals surface area contributed by atoms with Gasteiger partial charge in [-0.2, -0.15) is 0 Å². The highest BCUT2D eigenvalue weighted by atomic mass is 32.1. The van der Waals surface area contributed by atoms with E-state index in [1.165, 1.54) is 11.3 Å². The Bertz CT molecular complexity index is 697. The number of hydrogen-bond donors (Lipinski definition) is 1. The third kappa shape index (κ3) is 2.68. The molecule has 0 amide bonds. The first-order chi connectivity index (χ1) is 9.86. The summed E-state index contributed by atoms with van der Waals surface area (Å²) in [5.41, 5.74) is 7.66. The highest BCUT2D eigenvalue weighted by Crippen LogP contribution is 2.33. The number of benzene rings is 2. The van der Waals surface area contributed by atoms with Crippen LogP contribution in [0, 0.1) is 0 Å². The van der Waals surface area contributed by atoms with E-state index < -0.39 is 0 Å². The molecule has 2 N–H and O–H groups in total. The largest absolute Gasteiger partial charge is 0.429 e. The van der Waals surface area contributed by atoms with Gasteiger partial charge in [0.1, 0.15) is 10.8 Å². The van der Waals surface area contributed by atoms with Gasteiger partial charge in [0, 0.05) is 12.1 Å². The van der Waals surface area contributed by atoms with E-state index in [2.05, 4.69) is 10.2 Å². The zero-order chi connectivity index (χ0) is 13.8. The van der Waals surface area contributed by atoms with E-state index in [9.17, 15) is 0 Å². The molecule has 0 atom stereocenters. The molecule has 1 heterocycles. The number of ether oxygens (including phenoxy) is 1. The molecule has 0 bridgehead atoms. The molecule has 4 nitrogen and oxygen atoms in total. The summed E-state index contributed by atoms with van der Waals surface area (Å²) in [6, 6.07) is 18.0. The summed E-state index contributed by atoms with van der Waals surface area (Å²) in [5, 5.41) is 9.20. The average Bonchev–Trinajstić information content (AvgIpc) is 2.96. The van der Waals surface area contributed by atoms with Crippen LogP contribution < -0.4 is 10.5 Å². The van der Waals surface area contributed by atoms with Gasteiger partial charge < -0.3 is 10.5 Å². The van der Waals surface area contributed by atoms with Crippen LogP contribution in [0.25, 0.3) is 11.1 Å². The SMILES string of the molecule is NCc1nnc(Oc2ccccc2-c2ccccc2)s1. The number of hydrogen-bond acceptors (Lipinski definition) is 5. The zero-order valence-corrected chi connectivity index (χ0v) is 11.5. The lowest BCUT2D eigenvalue weighted by Crippen LogP contribution is -1.94. The molecule has 1 aromatic heterocycles. The van der Waals surface area contributed by atoms with Crippen molar-refractivity contribution in [3.63, 3.8) is 0 Å². The maximum atomic E-state index is 5.84. The second-order valence-electron chi connectivity index (χ2n) is 4.13. The van der Waals surface area contributed by atoms with E-state index in [0.717, 1.165) is 21.9 Å². The van der Waals surface area contributed by atoms with Gasteiger partial charge in [-0.25, -0.2) is 0 Å². The lowest BCUT2D eigenvalue weighted by Gasteiger charge is -2.08. The van der Waals surface area contributed by atoms with Gasteiger partial charge in [0.25, 0.3) is 5.19 Å². The van der Waals surface area contributed by atoms with Gasteiger partial charge in [0.2, 0.25) is 0 Å². The Morgan fingerprint density at radius 1 is 0.950 bits per heavy atom. The third-order valence-corrected chi connectivity index (χ3v) is 3.62. The third-order valence-electron chi connectivity index (χ3n) is 2.79. The van der Waals surface area contributed by atoms with Crippen molar-refractivity contribution in [3.8, 4) is 22.1 Å². The van der Waals surface area contributed by atoms with E-state index in [4.69, 9.17) is 10.5 Å². The minimum absolute atomic E-state index is 0.376. The Morgan fingerprint density at radius 3 is 2.45 bits per heavy atom. The van der Waals surface area contributed by atoms with Crippen molar-refractivity contribution in [2.24, 2.45) is 5.73 Å². The molecule has 0 spiro atoms. The van der Waals surface area contributed by atoms with Gasteiger partial charge in [0.15, 0.2) is 0 Å². The van der Waals surface area contributed by atoms with Crippen LogP contribution in [-0.4, -0.2) is 10.2 Å². The van der Waals surface area contributed by atoms with Gasteiger partial charge in [-0.3, -0.25) is 0 Å². The highest BCUT2D eigenvalue weighted by molar-refractivity contribution is 7.13. The Kier molecular flexibility index (Phi) is 3.71. The maximum Gasteiger partial charge on any atom is 0.299 e. The molecule has 3 rings (SSSR count). The fraction of sp³-hybridized carbons (Fsp3) is 0.0667. The molecule has 100 valence electrons. The normalized spacial score (nSPS) is 10.4. The van der Waals surface area contributed by atoms with E-state index in [0.29, 0.717) is 11.7 Å². The first-order valence-electron chi connectivity index (χ1n) is 6.21. The smallest absolute Gasteiger partial charge is 0.299 e. The van der Waals surface area contributed by atoms with Gasteiger partial charge >= 0.3 is 0 Å². The molecule has 0 radical (unpaired) electrons. The number of para-hydroxylation sites is 1. The van der Waals surface area contributed by atoms with E-state index in [1.54, 1.807) is 0 Å². The first kappa shape index (κ1) is 12.8. The minimum atomic E-state index is 0.376. The number of nitrogens with two attached hydrogens (primary N) is 1. The monoisotopic (exact) mass is 283 g/mol. The Balaban J connectivity index is 1.94. The molecule has 5 heteroatoms. The summed E-state index contributed by atoms with van der Waals surface area (Å²) in [6.45, 7) is 0.376. The van der Waals surface area contributed by atoms with Crippen LogP contribution in [0.1, 0.15) is 5.01 Å². The molecule has 0 aliphatic rings. The van der Waals surface area contributed by atoms with Gasteiger partial charge in [-0.15, -0.1) is 5.10 Å². The second kappa shape index (κ2) is 5.81. The van der Waals surface area contributed by atoms with Crippen LogP contribution in [0.5, 0.6) is 10.9 Å². The maximum absolute atomic E-state index is 5.84. The van der Waals surface area contributed by atoms with E-state index >= 15 is 0 Å². The molecule has 0 saturated carbocycles. The highest BCUT2D eigenvalue weighted by Gasteiger charge is 2.09. The van der Waals surface area contributed by atoms with Crippen molar-refractivity contribution in [3.05, 3.63) is 59.6 Å². The molecule has 20 heavy (non-hydrogen) atoms. The summed E-state index contributed by atoms with van der Waals surface area (Å²) in [5.74, 6) is 0.762. The van der Waals surface area contributed by atoms with Crippen LogP contribution in [0.2, 0.25) is 0 Å². The fourth-order valence-electron chi connectivity index (χ4n) is 1.87. The zero-order valence-electron chi connectivity index (χ0n) is 10.7. The van der Waals surface area contributed by atoms with Gasteiger partial charge in [-0.1, -0.05) is 65.0 Å². The number of aromatic nitrogens is 2. The minimum Gasteiger partial charge on any atom is -0.429 e.